The molecule has 24 heavy (non-hydrogen) atoms. The van der Waals surface area contributed by atoms with Crippen LogP contribution in [0.2, 0.25) is 0 Å². The lowest BCUT2D eigenvalue weighted by molar-refractivity contribution is -0.249. The number of rotatable bonds is 6. The fourth-order valence-corrected chi connectivity index (χ4v) is 1.73. The Bertz CT molecular complexity index is 621. The lowest BCUT2D eigenvalue weighted by Gasteiger charge is -2.25. The highest BCUT2D eigenvalue weighted by Crippen LogP contribution is 2.15. The van der Waals surface area contributed by atoms with Crippen molar-refractivity contribution in [2.75, 3.05) is 0 Å². The van der Waals surface area contributed by atoms with E-state index in [1.54, 1.807) is 25.1 Å². The summed E-state index contributed by atoms with van der Waals surface area (Å²) in [5.74, 6) is -3.28. The zero-order valence-corrected chi connectivity index (χ0v) is 13.7. The molecule has 0 aliphatic rings. The van der Waals surface area contributed by atoms with Crippen molar-refractivity contribution in [2.45, 2.75) is 40.3 Å². The van der Waals surface area contributed by atoms with Crippen molar-refractivity contribution >= 4 is 23.9 Å². The van der Waals surface area contributed by atoms with Crippen LogP contribution in [0.15, 0.2) is 24.3 Å². The second-order valence-corrected chi connectivity index (χ2v) is 4.79. The van der Waals surface area contributed by atoms with Gasteiger partial charge in [0.15, 0.2) is 0 Å². The highest BCUT2D eigenvalue weighted by Gasteiger charge is 2.34. The predicted octanol–water partition coefficient (Wildman–Crippen LogP) is 1.49. The molecule has 8 nitrogen and oxygen atoms in total. The van der Waals surface area contributed by atoms with Gasteiger partial charge in [-0.25, -0.2) is 4.79 Å². The Labute approximate surface area is 138 Å². The van der Waals surface area contributed by atoms with Crippen molar-refractivity contribution in [2.24, 2.45) is 0 Å². The van der Waals surface area contributed by atoms with Crippen LogP contribution in [-0.2, 0) is 33.3 Å². The molecule has 0 fully saturated rings. The van der Waals surface area contributed by atoms with E-state index in [0.29, 0.717) is 5.56 Å². The van der Waals surface area contributed by atoms with E-state index >= 15 is 0 Å². The van der Waals surface area contributed by atoms with Gasteiger partial charge in [-0.3, -0.25) is 14.4 Å². The molecule has 0 aliphatic heterocycles. The zero-order chi connectivity index (χ0) is 18.3. The Balaban J connectivity index is 3.03. The van der Waals surface area contributed by atoms with Crippen LogP contribution < -0.4 is 0 Å². The highest BCUT2D eigenvalue weighted by molar-refractivity contribution is 5.91. The number of ether oxygens (including phenoxy) is 4. The zero-order valence-electron chi connectivity index (χ0n) is 13.7. The maximum atomic E-state index is 12.2. The van der Waals surface area contributed by atoms with Gasteiger partial charge in [-0.05, 0) is 18.6 Å². The summed E-state index contributed by atoms with van der Waals surface area (Å²) < 4.78 is 19.4. The Hall–Kier alpha value is -2.90. The first-order valence-electron chi connectivity index (χ1n) is 6.99. The standard InChI is InChI=1S/C16H18O8/c1-9-7-5-6-8-13(9)14(20)24-16(23-12(4)19)15(21-10(2)17)22-11(3)18/h5-8,15-16H,1-4H3. The van der Waals surface area contributed by atoms with Crippen molar-refractivity contribution in [3.8, 4) is 0 Å². The van der Waals surface area contributed by atoms with Gasteiger partial charge >= 0.3 is 36.5 Å². The average Bonchev–Trinajstić information content (AvgIpc) is 2.44. The highest BCUT2D eigenvalue weighted by atomic mass is 16.8. The third kappa shape index (κ3) is 6.07. The van der Waals surface area contributed by atoms with Crippen molar-refractivity contribution in [3.05, 3.63) is 35.4 Å². The summed E-state index contributed by atoms with van der Waals surface area (Å²) in [5.41, 5.74) is 0.847. The van der Waals surface area contributed by atoms with E-state index in [0.717, 1.165) is 20.8 Å². The molecule has 1 aromatic rings. The lowest BCUT2D eigenvalue weighted by atomic mass is 10.1. The van der Waals surface area contributed by atoms with Crippen LogP contribution in [0, 0.1) is 6.92 Å². The van der Waals surface area contributed by atoms with Gasteiger partial charge in [0.05, 0.1) is 5.56 Å². The second-order valence-electron chi connectivity index (χ2n) is 4.79. The molecule has 0 N–H and O–H groups in total. The van der Waals surface area contributed by atoms with Crippen molar-refractivity contribution in [3.63, 3.8) is 0 Å². The van der Waals surface area contributed by atoms with Crippen molar-refractivity contribution < 1.29 is 38.1 Å². The fraction of sp³-hybridized carbons (Fsp3) is 0.375. The van der Waals surface area contributed by atoms with Gasteiger partial charge in [0.25, 0.3) is 0 Å². The Kier molecular flexibility index (Phi) is 6.91. The first-order chi connectivity index (χ1) is 11.2. The number of carbonyl (C=O) groups excluding carboxylic acids is 4. The number of carbonyl (C=O) groups is 4. The van der Waals surface area contributed by atoms with Gasteiger partial charge in [0, 0.05) is 20.8 Å². The van der Waals surface area contributed by atoms with Gasteiger partial charge in [-0.1, -0.05) is 18.2 Å². The summed E-state index contributed by atoms with van der Waals surface area (Å²) in [7, 11) is 0. The van der Waals surface area contributed by atoms with E-state index in [2.05, 4.69) is 0 Å². The number of esters is 4. The van der Waals surface area contributed by atoms with Gasteiger partial charge in [-0.15, -0.1) is 0 Å². The molecule has 0 heterocycles. The fourth-order valence-electron chi connectivity index (χ4n) is 1.73. The van der Waals surface area contributed by atoms with E-state index in [1.807, 2.05) is 0 Å². The molecule has 1 aromatic carbocycles. The van der Waals surface area contributed by atoms with E-state index < -0.39 is 36.5 Å². The lowest BCUT2D eigenvalue weighted by Crippen LogP contribution is -2.41. The van der Waals surface area contributed by atoms with Crippen molar-refractivity contribution in [1.82, 2.24) is 0 Å². The molecule has 1 rings (SSSR count). The first-order valence-corrected chi connectivity index (χ1v) is 6.99. The van der Waals surface area contributed by atoms with E-state index in [-0.39, 0.29) is 5.56 Å². The van der Waals surface area contributed by atoms with Crippen LogP contribution in [0.3, 0.4) is 0 Å². The molecule has 1 atom stereocenters. The molecule has 0 saturated heterocycles. The largest absolute Gasteiger partial charge is 0.417 e. The van der Waals surface area contributed by atoms with Crippen LogP contribution >= 0.6 is 0 Å². The third-order valence-corrected chi connectivity index (χ3v) is 2.66. The van der Waals surface area contributed by atoms with Gasteiger partial charge < -0.3 is 18.9 Å². The van der Waals surface area contributed by atoms with Gasteiger partial charge in [0.2, 0.25) is 0 Å². The molecule has 1 unspecified atom stereocenters. The minimum absolute atomic E-state index is 0.221. The molecule has 0 spiro atoms. The molecular weight excluding hydrogens is 320 g/mol. The summed E-state index contributed by atoms with van der Waals surface area (Å²) in [6.07, 6.45) is -3.45. The molecule has 0 aliphatic carbocycles. The Morgan fingerprint density at radius 1 is 0.750 bits per heavy atom. The van der Waals surface area contributed by atoms with E-state index in [1.165, 1.54) is 6.07 Å². The SMILES string of the molecule is CC(=O)OC(OC(C)=O)C(OC(C)=O)OC(=O)c1ccccc1C. The third-order valence-electron chi connectivity index (χ3n) is 2.66. The quantitative estimate of drug-likeness (QED) is 0.567. The van der Waals surface area contributed by atoms with Crippen LogP contribution in [-0.4, -0.2) is 36.5 Å². The van der Waals surface area contributed by atoms with Crippen LogP contribution in [0.5, 0.6) is 0 Å². The number of hydrogen-bond acceptors (Lipinski definition) is 8. The van der Waals surface area contributed by atoms with Crippen LogP contribution in [0.4, 0.5) is 0 Å². The number of benzene rings is 1. The normalized spacial score (nSPS) is 11.4. The minimum Gasteiger partial charge on any atom is -0.417 e. The summed E-state index contributed by atoms with van der Waals surface area (Å²) in [6.45, 7) is 4.87. The maximum absolute atomic E-state index is 12.2. The molecule has 0 bridgehead atoms. The average molecular weight is 338 g/mol. The molecule has 0 amide bonds. The summed E-state index contributed by atoms with van der Waals surface area (Å²) in [6, 6.07) is 6.55. The molecule has 0 aromatic heterocycles. The summed E-state index contributed by atoms with van der Waals surface area (Å²) in [5, 5.41) is 0. The predicted molar refractivity (Wildman–Crippen MR) is 79.5 cm³/mol. The molecule has 130 valence electrons. The first kappa shape index (κ1) is 19.1. The molecule has 0 radical (unpaired) electrons. The topological polar surface area (TPSA) is 105 Å². The number of hydrogen-bond donors (Lipinski definition) is 0. The minimum atomic E-state index is -1.73. The van der Waals surface area contributed by atoms with Crippen molar-refractivity contribution in [1.29, 1.82) is 0 Å². The number of aryl methyl sites for hydroxylation is 1. The maximum Gasteiger partial charge on any atom is 0.341 e. The Morgan fingerprint density at radius 3 is 1.58 bits per heavy atom. The Morgan fingerprint density at radius 2 is 1.17 bits per heavy atom. The molecular formula is C16H18O8. The smallest absolute Gasteiger partial charge is 0.341 e. The van der Waals surface area contributed by atoms with E-state index in [9.17, 15) is 19.2 Å². The second kappa shape index (κ2) is 8.66. The van der Waals surface area contributed by atoms with Gasteiger partial charge in [0.1, 0.15) is 0 Å². The molecule has 0 saturated carbocycles. The summed E-state index contributed by atoms with van der Waals surface area (Å²) in [4.78, 5) is 45.7. The van der Waals surface area contributed by atoms with E-state index in [4.69, 9.17) is 18.9 Å². The van der Waals surface area contributed by atoms with Gasteiger partial charge in [-0.2, -0.15) is 0 Å². The van der Waals surface area contributed by atoms with Crippen LogP contribution in [0.1, 0.15) is 36.7 Å². The van der Waals surface area contributed by atoms with Crippen LogP contribution in [0.25, 0.3) is 0 Å². The summed E-state index contributed by atoms with van der Waals surface area (Å²) >= 11 is 0. The molecule has 8 heteroatoms. The monoisotopic (exact) mass is 338 g/mol.